The fourth-order valence-electron chi connectivity index (χ4n) is 2.50. The third kappa shape index (κ3) is 1.83. The van der Waals surface area contributed by atoms with Gasteiger partial charge in [0, 0.05) is 23.6 Å². The number of nitriles is 1. The largest absolute Gasteiger partial charge is 0.243 e. The molecule has 1 aromatic rings. The normalized spacial score (nSPS) is 27.3. The molecule has 3 rings (SSSR count). The fourth-order valence-corrected chi connectivity index (χ4v) is 5.80. The highest BCUT2D eigenvalue weighted by Crippen LogP contribution is 2.40. The van der Waals surface area contributed by atoms with E-state index >= 15 is 0 Å². The number of rotatable bonds is 2. The fraction of sp³-hybridized carbons (Fsp3) is 0.417. The summed E-state index contributed by atoms with van der Waals surface area (Å²) in [7, 11) is -3.38. The maximum atomic E-state index is 12.5. The lowest BCUT2D eigenvalue weighted by molar-refractivity contribution is 0.410. The topological polar surface area (TPSA) is 61.2 Å². The van der Waals surface area contributed by atoms with Crippen LogP contribution in [0.5, 0.6) is 0 Å². The van der Waals surface area contributed by atoms with Crippen LogP contribution in [0.3, 0.4) is 0 Å². The molecule has 94 valence electrons. The van der Waals surface area contributed by atoms with Crippen molar-refractivity contribution in [2.45, 2.75) is 22.6 Å². The first kappa shape index (κ1) is 12.0. The van der Waals surface area contributed by atoms with E-state index in [4.69, 9.17) is 5.26 Å². The number of sulfonamides is 1. The third-order valence-corrected chi connectivity index (χ3v) is 6.76. The van der Waals surface area contributed by atoms with E-state index in [0.717, 1.165) is 12.2 Å². The molecule has 0 amide bonds. The van der Waals surface area contributed by atoms with Crippen LogP contribution in [0.1, 0.15) is 12.0 Å². The van der Waals surface area contributed by atoms with Crippen molar-refractivity contribution in [3.8, 4) is 6.07 Å². The van der Waals surface area contributed by atoms with Crippen molar-refractivity contribution in [3.63, 3.8) is 0 Å². The standard InChI is InChI=1S/C12H12N2O2S2/c13-6-9-1-3-12(4-2-9)18(15,16)14-7-11-5-10(14)8-17-11/h1-4,10-11H,5,7-8H2. The second-order valence-electron chi connectivity index (χ2n) is 4.56. The van der Waals surface area contributed by atoms with Gasteiger partial charge in [-0.15, -0.1) is 0 Å². The van der Waals surface area contributed by atoms with E-state index in [0.29, 0.717) is 22.3 Å². The molecule has 0 aliphatic carbocycles. The third-order valence-electron chi connectivity index (χ3n) is 3.44. The monoisotopic (exact) mass is 280 g/mol. The molecule has 0 spiro atoms. The van der Waals surface area contributed by atoms with Crippen LogP contribution in [0.2, 0.25) is 0 Å². The predicted molar refractivity (Wildman–Crippen MR) is 69.7 cm³/mol. The Bertz CT molecular complexity index is 604. The Hall–Kier alpha value is -1.03. The molecule has 0 saturated carbocycles. The lowest BCUT2D eigenvalue weighted by Crippen LogP contribution is -2.39. The van der Waals surface area contributed by atoms with E-state index in [1.54, 1.807) is 16.4 Å². The van der Waals surface area contributed by atoms with Crippen molar-refractivity contribution in [1.29, 1.82) is 5.26 Å². The van der Waals surface area contributed by atoms with E-state index in [1.165, 1.54) is 12.1 Å². The average molecular weight is 280 g/mol. The predicted octanol–water partition coefficient (Wildman–Crippen LogP) is 1.44. The first-order chi connectivity index (χ1) is 8.61. The summed E-state index contributed by atoms with van der Waals surface area (Å²) in [4.78, 5) is 0.291. The number of fused-ring (bicyclic) bond motifs is 2. The summed E-state index contributed by atoms with van der Waals surface area (Å²) in [6, 6.07) is 8.29. The van der Waals surface area contributed by atoms with Gasteiger partial charge in [-0.2, -0.15) is 21.3 Å². The number of benzene rings is 1. The van der Waals surface area contributed by atoms with E-state index in [-0.39, 0.29) is 6.04 Å². The highest BCUT2D eigenvalue weighted by Gasteiger charge is 2.44. The summed E-state index contributed by atoms with van der Waals surface area (Å²) in [5, 5.41) is 9.18. The number of hydrogen-bond acceptors (Lipinski definition) is 4. The van der Waals surface area contributed by atoms with Gasteiger partial charge in [0.05, 0.1) is 16.5 Å². The van der Waals surface area contributed by atoms with Crippen molar-refractivity contribution >= 4 is 21.8 Å². The zero-order valence-electron chi connectivity index (χ0n) is 9.61. The van der Waals surface area contributed by atoms with E-state index in [1.807, 2.05) is 17.8 Å². The van der Waals surface area contributed by atoms with Crippen LogP contribution >= 0.6 is 11.8 Å². The van der Waals surface area contributed by atoms with Gasteiger partial charge in [0.2, 0.25) is 10.0 Å². The van der Waals surface area contributed by atoms with E-state index in [2.05, 4.69) is 0 Å². The number of nitrogens with zero attached hydrogens (tertiary/aromatic N) is 2. The van der Waals surface area contributed by atoms with Crippen molar-refractivity contribution in [2.24, 2.45) is 0 Å². The van der Waals surface area contributed by atoms with Gasteiger partial charge in [-0.3, -0.25) is 0 Å². The Balaban J connectivity index is 1.92. The molecule has 2 unspecified atom stereocenters. The Morgan fingerprint density at radius 1 is 1.33 bits per heavy atom. The van der Waals surface area contributed by atoms with Crippen molar-refractivity contribution in [1.82, 2.24) is 4.31 Å². The zero-order chi connectivity index (χ0) is 12.8. The summed E-state index contributed by atoms with van der Waals surface area (Å²) in [5.74, 6) is 0.903. The molecular formula is C12H12N2O2S2. The summed E-state index contributed by atoms with van der Waals surface area (Å²) in [5.41, 5.74) is 0.479. The molecule has 1 aromatic carbocycles. The molecule has 0 N–H and O–H groups in total. The van der Waals surface area contributed by atoms with Gasteiger partial charge in [0.25, 0.3) is 0 Å². The van der Waals surface area contributed by atoms with Crippen LogP contribution in [-0.2, 0) is 10.0 Å². The summed E-state index contributed by atoms with van der Waals surface area (Å²) < 4.78 is 26.5. The zero-order valence-corrected chi connectivity index (χ0v) is 11.2. The minimum atomic E-state index is -3.38. The number of hydrogen-bond donors (Lipinski definition) is 0. The van der Waals surface area contributed by atoms with Gasteiger partial charge in [0.15, 0.2) is 0 Å². The average Bonchev–Trinajstić information content (AvgIpc) is 3.01. The van der Waals surface area contributed by atoms with Crippen molar-refractivity contribution in [2.75, 3.05) is 12.3 Å². The molecule has 2 saturated heterocycles. The highest BCUT2D eigenvalue weighted by molar-refractivity contribution is 8.00. The van der Waals surface area contributed by atoms with E-state index in [9.17, 15) is 8.42 Å². The molecule has 2 aliphatic heterocycles. The van der Waals surface area contributed by atoms with Gasteiger partial charge in [-0.1, -0.05) is 0 Å². The van der Waals surface area contributed by atoms with Crippen molar-refractivity contribution in [3.05, 3.63) is 29.8 Å². The molecule has 4 nitrogen and oxygen atoms in total. The minimum absolute atomic E-state index is 0.153. The van der Waals surface area contributed by atoms with Crippen molar-refractivity contribution < 1.29 is 8.42 Å². The minimum Gasteiger partial charge on any atom is -0.207 e. The highest BCUT2D eigenvalue weighted by atomic mass is 32.2. The van der Waals surface area contributed by atoms with Crippen LogP contribution in [0.25, 0.3) is 0 Å². The SMILES string of the molecule is N#Cc1ccc(S(=O)(=O)N2CC3CC2CS3)cc1. The molecule has 2 aliphatic rings. The summed E-state index contributed by atoms with van der Waals surface area (Å²) in [6.07, 6.45) is 0.972. The molecule has 18 heavy (non-hydrogen) atoms. The maximum absolute atomic E-state index is 12.5. The lowest BCUT2D eigenvalue weighted by atomic mass is 10.2. The molecule has 2 fully saturated rings. The molecular weight excluding hydrogens is 268 g/mol. The van der Waals surface area contributed by atoms with Gasteiger partial charge in [-0.05, 0) is 30.7 Å². The molecule has 2 atom stereocenters. The van der Waals surface area contributed by atoms with Crippen LogP contribution in [-0.4, -0.2) is 36.3 Å². The lowest BCUT2D eigenvalue weighted by Gasteiger charge is -2.25. The number of thioether (sulfide) groups is 1. The molecule has 2 heterocycles. The van der Waals surface area contributed by atoms with Crippen LogP contribution in [0.15, 0.2) is 29.2 Å². The first-order valence-corrected chi connectivity index (χ1v) is 8.24. The van der Waals surface area contributed by atoms with Gasteiger partial charge in [0.1, 0.15) is 0 Å². The van der Waals surface area contributed by atoms with Gasteiger partial charge >= 0.3 is 0 Å². The second kappa shape index (κ2) is 4.26. The molecule has 0 aromatic heterocycles. The maximum Gasteiger partial charge on any atom is 0.243 e. The van der Waals surface area contributed by atoms with Crippen LogP contribution in [0.4, 0.5) is 0 Å². The smallest absolute Gasteiger partial charge is 0.207 e. The summed E-state index contributed by atoms with van der Waals surface area (Å²) in [6.45, 7) is 0.623. The van der Waals surface area contributed by atoms with Crippen LogP contribution in [0, 0.1) is 11.3 Å². The van der Waals surface area contributed by atoms with E-state index < -0.39 is 10.0 Å². The molecule has 6 heteroatoms. The first-order valence-electron chi connectivity index (χ1n) is 5.75. The quantitative estimate of drug-likeness (QED) is 0.822. The molecule has 2 bridgehead atoms. The Morgan fingerprint density at radius 2 is 2.06 bits per heavy atom. The Labute approximate surface area is 111 Å². The second-order valence-corrected chi connectivity index (χ2v) is 7.78. The Kier molecular flexibility index (Phi) is 2.85. The summed E-state index contributed by atoms with van der Waals surface area (Å²) >= 11 is 1.86. The Morgan fingerprint density at radius 3 is 2.56 bits per heavy atom. The molecule has 0 radical (unpaired) electrons. The van der Waals surface area contributed by atoms with Gasteiger partial charge < -0.3 is 0 Å². The van der Waals surface area contributed by atoms with Gasteiger partial charge in [-0.25, -0.2) is 8.42 Å². The van der Waals surface area contributed by atoms with Crippen LogP contribution < -0.4 is 0 Å².